The van der Waals surface area contributed by atoms with Crippen molar-refractivity contribution in [2.75, 3.05) is 26.2 Å². The Kier molecular flexibility index (Phi) is 6.02. The Hall–Kier alpha value is -2.66. The van der Waals surface area contributed by atoms with Crippen molar-refractivity contribution in [1.82, 2.24) is 15.2 Å². The summed E-state index contributed by atoms with van der Waals surface area (Å²) in [6.07, 6.45) is 4.07. The summed E-state index contributed by atoms with van der Waals surface area (Å²) in [5, 5.41) is 3.06. The molecule has 2 heterocycles. The number of fused-ring (bicyclic) bond motifs is 1. The number of piperidine rings is 1. The van der Waals surface area contributed by atoms with E-state index < -0.39 is 0 Å². The van der Waals surface area contributed by atoms with Crippen molar-refractivity contribution in [3.63, 3.8) is 0 Å². The molecule has 5 nitrogen and oxygen atoms in total. The van der Waals surface area contributed by atoms with Crippen LogP contribution in [0.25, 0.3) is 11.1 Å². The minimum atomic E-state index is 0.103. The van der Waals surface area contributed by atoms with Crippen molar-refractivity contribution < 1.29 is 9.21 Å². The molecule has 0 bridgehead atoms. The predicted octanol–water partition coefficient (Wildman–Crippen LogP) is 3.76. The number of amides is 1. The molecule has 5 heteroatoms. The number of aromatic nitrogens is 1. The highest BCUT2D eigenvalue weighted by Crippen LogP contribution is 2.28. The number of nitrogens with one attached hydrogen (secondary N) is 1. The number of nitrogens with zero attached hydrogens (tertiary/aromatic N) is 2. The smallest absolute Gasteiger partial charge is 0.234 e. The molecule has 1 unspecified atom stereocenters. The number of benzene rings is 2. The summed E-state index contributed by atoms with van der Waals surface area (Å²) >= 11 is 0. The molecule has 1 amide bonds. The van der Waals surface area contributed by atoms with Crippen LogP contribution in [-0.4, -0.2) is 42.0 Å². The summed E-state index contributed by atoms with van der Waals surface area (Å²) in [6, 6.07) is 18.3. The van der Waals surface area contributed by atoms with Crippen molar-refractivity contribution in [2.45, 2.75) is 31.6 Å². The molecule has 4 rings (SSSR count). The minimum Gasteiger partial charge on any atom is -0.440 e. The fourth-order valence-corrected chi connectivity index (χ4v) is 3.89. The lowest BCUT2D eigenvalue weighted by Crippen LogP contribution is -2.42. The Labute approximate surface area is 165 Å². The van der Waals surface area contributed by atoms with Crippen LogP contribution in [0.5, 0.6) is 0 Å². The normalized spacial score (nSPS) is 17.6. The average molecular weight is 377 g/mol. The van der Waals surface area contributed by atoms with Gasteiger partial charge in [-0.1, -0.05) is 42.5 Å². The van der Waals surface area contributed by atoms with Crippen molar-refractivity contribution in [1.29, 1.82) is 0 Å². The fourth-order valence-electron chi connectivity index (χ4n) is 3.89. The van der Waals surface area contributed by atoms with E-state index in [1.807, 2.05) is 30.3 Å². The van der Waals surface area contributed by atoms with Crippen LogP contribution in [0.2, 0.25) is 0 Å². The Morgan fingerprint density at radius 1 is 1.14 bits per heavy atom. The average Bonchev–Trinajstić information content (AvgIpc) is 3.17. The first-order valence-corrected chi connectivity index (χ1v) is 10.2. The number of oxazole rings is 1. The minimum absolute atomic E-state index is 0.103. The molecule has 0 aliphatic carbocycles. The molecule has 0 spiro atoms. The van der Waals surface area contributed by atoms with Crippen LogP contribution in [0.3, 0.4) is 0 Å². The van der Waals surface area contributed by atoms with E-state index in [9.17, 15) is 4.79 Å². The second-order valence-electron chi connectivity index (χ2n) is 7.53. The highest BCUT2D eigenvalue weighted by atomic mass is 16.3. The maximum atomic E-state index is 12.3. The van der Waals surface area contributed by atoms with E-state index in [-0.39, 0.29) is 11.8 Å². The maximum absolute atomic E-state index is 12.3. The Balaban J connectivity index is 1.23. The van der Waals surface area contributed by atoms with E-state index in [4.69, 9.17) is 4.42 Å². The van der Waals surface area contributed by atoms with Crippen LogP contribution in [-0.2, 0) is 11.2 Å². The lowest BCUT2D eigenvalue weighted by Gasteiger charge is -2.30. The molecule has 1 fully saturated rings. The van der Waals surface area contributed by atoms with Crippen molar-refractivity contribution in [3.8, 4) is 0 Å². The zero-order valence-corrected chi connectivity index (χ0v) is 16.1. The summed E-state index contributed by atoms with van der Waals surface area (Å²) in [4.78, 5) is 19.2. The molecule has 0 radical (unpaired) electrons. The molecular weight excluding hydrogens is 350 g/mol. The van der Waals surface area contributed by atoms with Gasteiger partial charge in [-0.3, -0.25) is 9.69 Å². The molecule has 28 heavy (non-hydrogen) atoms. The predicted molar refractivity (Wildman–Crippen MR) is 110 cm³/mol. The quantitative estimate of drug-likeness (QED) is 0.637. The van der Waals surface area contributed by atoms with Gasteiger partial charge in [0.1, 0.15) is 5.52 Å². The number of rotatable bonds is 7. The van der Waals surface area contributed by atoms with E-state index >= 15 is 0 Å². The number of hydrogen-bond donors (Lipinski definition) is 1. The van der Waals surface area contributed by atoms with Crippen molar-refractivity contribution in [3.05, 3.63) is 66.1 Å². The van der Waals surface area contributed by atoms with E-state index in [1.54, 1.807) is 0 Å². The molecule has 1 aliphatic rings. The summed E-state index contributed by atoms with van der Waals surface area (Å²) in [5.41, 5.74) is 3.06. The van der Waals surface area contributed by atoms with Gasteiger partial charge in [0.05, 0.1) is 6.54 Å². The van der Waals surface area contributed by atoms with Crippen molar-refractivity contribution >= 4 is 17.0 Å². The van der Waals surface area contributed by atoms with Crippen LogP contribution in [0.1, 0.15) is 36.6 Å². The molecule has 1 saturated heterocycles. The highest BCUT2D eigenvalue weighted by Gasteiger charge is 2.26. The first-order chi connectivity index (χ1) is 13.8. The first-order valence-electron chi connectivity index (χ1n) is 10.2. The monoisotopic (exact) mass is 377 g/mol. The fraction of sp³-hybridized carbons (Fsp3) is 0.391. The van der Waals surface area contributed by atoms with Crippen LogP contribution in [0, 0.1) is 0 Å². The molecule has 2 aromatic carbocycles. The number of carbonyl (C=O) groups is 1. The third-order valence-corrected chi connectivity index (χ3v) is 5.34. The zero-order valence-electron chi connectivity index (χ0n) is 16.1. The van der Waals surface area contributed by atoms with Gasteiger partial charge in [0.2, 0.25) is 5.91 Å². The van der Waals surface area contributed by atoms with E-state index in [2.05, 4.69) is 39.5 Å². The summed E-state index contributed by atoms with van der Waals surface area (Å²) in [7, 11) is 0. The molecule has 1 aliphatic heterocycles. The van der Waals surface area contributed by atoms with Gasteiger partial charge in [0, 0.05) is 19.0 Å². The largest absolute Gasteiger partial charge is 0.440 e. The number of carbonyl (C=O) groups excluding carboxylic acids is 1. The first kappa shape index (κ1) is 18.7. The van der Waals surface area contributed by atoms with Gasteiger partial charge in [-0.15, -0.1) is 0 Å². The van der Waals surface area contributed by atoms with Gasteiger partial charge in [-0.05, 0) is 49.9 Å². The van der Waals surface area contributed by atoms with Crippen LogP contribution >= 0.6 is 0 Å². The van der Waals surface area contributed by atoms with Gasteiger partial charge in [-0.25, -0.2) is 4.98 Å². The third kappa shape index (κ3) is 4.78. The van der Waals surface area contributed by atoms with E-state index in [0.717, 1.165) is 62.3 Å². The number of para-hydroxylation sites is 2. The summed E-state index contributed by atoms with van der Waals surface area (Å²) < 4.78 is 5.94. The highest BCUT2D eigenvalue weighted by molar-refractivity contribution is 5.78. The Bertz CT molecular complexity index is 873. The lowest BCUT2D eigenvalue weighted by atomic mass is 9.98. The summed E-state index contributed by atoms with van der Waals surface area (Å²) in [6.45, 7) is 2.94. The molecule has 3 aromatic rings. The SMILES string of the molecule is O=C(CN1CCCC(c2nc3ccccc3o2)C1)NCCCc1ccccc1. The van der Waals surface area contributed by atoms with E-state index in [1.165, 1.54) is 5.56 Å². The molecule has 1 atom stereocenters. The Morgan fingerprint density at radius 3 is 2.82 bits per heavy atom. The van der Waals surface area contributed by atoms with E-state index in [0.29, 0.717) is 6.54 Å². The number of likely N-dealkylation sites (tertiary alicyclic amines) is 1. The molecule has 0 saturated carbocycles. The Morgan fingerprint density at radius 2 is 1.96 bits per heavy atom. The van der Waals surface area contributed by atoms with Crippen molar-refractivity contribution in [2.24, 2.45) is 0 Å². The number of aryl methyl sites for hydroxylation is 1. The van der Waals surface area contributed by atoms with Crippen LogP contribution in [0.4, 0.5) is 0 Å². The third-order valence-electron chi connectivity index (χ3n) is 5.34. The number of hydrogen-bond acceptors (Lipinski definition) is 4. The standard InChI is InChI=1S/C23H27N3O2/c27-22(24-14-6-10-18-8-2-1-3-9-18)17-26-15-7-11-19(16-26)23-25-20-12-4-5-13-21(20)28-23/h1-5,8-9,12-13,19H,6-7,10-11,14-17H2,(H,24,27). The topological polar surface area (TPSA) is 58.4 Å². The van der Waals surface area contributed by atoms with Gasteiger partial charge >= 0.3 is 0 Å². The van der Waals surface area contributed by atoms with Gasteiger partial charge < -0.3 is 9.73 Å². The summed E-state index contributed by atoms with van der Waals surface area (Å²) in [5.74, 6) is 1.16. The molecule has 1 N–H and O–H groups in total. The van der Waals surface area contributed by atoms with Gasteiger partial charge in [0.15, 0.2) is 11.5 Å². The second kappa shape index (κ2) is 9.02. The van der Waals surface area contributed by atoms with Crippen LogP contribution < -0.4 is 5.32 Å². The zero-order chi connectivity index (χ0) is 19.2. The molecule has 146 valence electrons. The maximum Gasteiger partial charge on any atom is 0.234 e. The van der Waals surface area contributed by atoms with Crippen LogP contribution in [0.15, 0.2) is 59.0 Å². The van der Waals surface area contributed by atoms with Gasteiger partial charge in [-0.2, -0.15) is 0 Å². The van der Waals surface area contributed by atoms with Gasteiger partial charge in [0.25, 0.3) is 0 Å². The molecule has 1 aromatic heterocycles. The second-order valence-corrected chi connectivity index (χ2v) is 7.53. The lowest BCUT2D eigenvalue weighted by molar-refractivity contribution is -0.122. The molecular formula is C23H27N3O2.